The van der Waals surface area contributed by atoms with Gasteiger partial charge in [-0.15, -0.1) is 0 Å². The first kappa shape index (κ1) is 21.9. The van der Waals surface area contributed by atoms with E-state index in [1.807, 2.05) is 67.7 Å². The summed E-state index contributed by atoms with van der Waals surface area (Å²) in [6.07, 6.45) is 3.58. The van der Waals surface area contributed by atoms with Crippen LogP contribution >= 0.6 is 0 Å². The number of aryl methyl sites for hydroxylation is 1. The van der Waals surface area contributed by atoms with Crippen LogP contribution in [0.5, 0.6) is 0 Å². The number of pyridine rings is 1. The monoisotopic (exact) mass is 454 g/mol. The van der Waals surface area contributed by atoms with Gasteiger partial charge in [0.25, 0.3) is 5.91 Å². The van der Waals surface area contributed by atoms with Crippen LogP contribution in [0, 0.1) is 6.92 Å². The Bertz CT molecular complexity index is 1360. The van der Waals surface area contributed by atoms with Gasteiger partial charge in [-0.05, 0) is 42.3 Å². The SMILES string of the molecule is COCCN1C(=O)c2ccccc2C(C(=O)Nc2cc(C)ccn2)C1c1c[nH]c2ccccc12. The van der Waals surface area contributed by atoms with Gasteiger partial charge >= 0.3 is 0 Å². The van der Waals surface area contributed by atoms with Crippen molar-refractivity contribution in [3.05, 3.63) is 95.3 Å². The molecule has 1 aliphatic heterocycles. The van der Waals surface area contributed by atoms with Crippen molar-refractivity contribution in [3.63, 3.8) is 0 Å². The number of anilines is 1. The van der Waals surface area contributed by atoms with Crippen LogP contribution in [0.3, 0.4) is 0 Å². The molecule has 172 valence electrons. The molecule has 0 fully saturated rings. The van der Waals surface area contributed by atoms with E-state index in [0.717, 1.165) is 22.0 Å². The van der Waals surface area contributed by atoms with Crippen molar-refractivity contribution in [2.75, 3.05) is 25.6 Å². The third kappa shape index (κ3) is 3.84. The molecule has 0 radical (unpaired) electrons. The number of fused-ring (bicyclic) bond motifs is 2. The van der Waals surface area contributed by atoms with E-state index in [9.17, 15) is 9.59 Å². The third-order valence-electron chi connectivity index (χ3n) is 6.36. The first-order chi connectivity index (χ1) is 16.6. The number of carbonyl (C=O) groups excluding carboxylic acids is 2. The number of ether oxygens (including phenoxy) is 1. The highest BCUT2D eigenvalue weighted by molar-refractivity contribution is 6.05. The van der Waals surface area contributed by atoms with Crippen LogP contribution in [0.4, 0.5) is 5.82 Å². The summed E-state index contributed by atoms with van der Waals surface area (Å²) >= 11 is 0. The van der Waals surface area contributed by atoms with Crippen molar-refractivity contribution in [2.45, 2.75) is 18.9 Å². The van der Waals surface area contributed by atoms with Crippen LogP contribution in [-0.4, -0.2) is 46.9 Å². The highest BCUT2D eigenvalue weighted by atomic mass is 16.5. The number of methoxy groups -OCH3 is 1. The Hall–Kier alpha value is -3.97. The van der Waals surface area contributed by atoms with Crippen molar-refractivity contribution < 1.29 is 14.3 Å². The summed E-state index contributed by atoms with van der Waals surface area (Å²) in [4.78, 5) is 36.9. The number of rotatable bonds is 6. The first-order valence-corrected chi connectivity index (χ1v) is 11.3. The number of hydrogen-bond acceptors (Lipinski definition) is 4. The topological polar surface area (TPSA) is 87.3 Å². The highest BCUT2D eigenvalue weighted by Gasteiger charge is 2.44. The minimum Gasteiger partial charge on any atom is -0.383 e. The molecule has 2 atom stereocenters. The van der Waals surface area contributed by atoms with E-state index in [1.165, 1.54) is 0 Å². The van der Waals surface area contributed by atoms with Gasteiger partial charge < -0.3 is 19.9 Å². The van der Waals surface area contributed by atoms with Gasteiger partial charge in [-0.2, -0.15) is 0 Å². The van der Waals surface area contributed by atoms with Crippen molar-refractivity contribution in [2.24, 2.45) is 0 Å². The van der Waals surface area contributed by atoms with E-state index in [4.69, 9.17) is 4.74 Å². The number of para-hydroxylation sites is 1. The number of nitrogens with one attached hydrogen (secondary N) is 2. The molecule has 5 rings (SSSR count). The maximum atomic E-state index is 13.9. The Morgan fingerprint density at radius 1 is 1.12 bits per heavy atom. The van der Waals surface area contributed by atoms with Gasteiger partial charge in [-0.1, -0.05) is 36.4 Å². The molecule has 1 aliphatic rings. The minimum absolute atomic E-state index is 0.110. The number of aromatic amines is 1. The Balaban J connectivity index is 1.67. The number of aromatic nitrogens is 2. The van der Waals surface area contributed by atoms with E-state index < -0.39 is 12.0 Å². The molecule has 0 saturated carbocycles. The van der Waals surface area contributed by atoms with E-state index in [1.54, 1.807) is 24.3 Å². The molecule has 0 saturated heterocycles. The Morgan fingerprint density at radius 2 is 1.91 bits per heavy atom. The Kier molecular flexibility index (Phi) is 5.86. The molecule has 3 heterocycles. The van der Waals surface area contributed by atoms with Crippen LogP contribution in [0.15, 0.2) is 73.1 Å². The zero-order chi connectivity index (χ0) is 23.7. The van der Waals surface area contributed by atoms with E-state index in [2.05, 4.69) is 15.3 Å². The maximum Gasteiger partial charge on any atom is 0.254 e. The van der Waals surface area contributed by atoms with Gasteiger partial charge in [0.05, 0.1) is 18.6 Å². The fourth-order valence-corrected chi connectivity index (χ4v) is 4.80. The van der Waals surface area contributed by atoms with Crippen LogP contribution in [0.1, 0.15) is 39.0 Å². The molecule has 2 aromatic heterocycles. The molecular weight excluding hydrogens is 428 g/mol. The second-order valence-electron chi connectivity index (χ2n) is 8.50. The van der Waals surface area contributed by atoms with E-state index >= 15 is 0 Å². The van der Waals surface area contributed by atoms with Crippen molar-refractivity contribution in [1.82, 2.24) is 14.9 Å². The van der Waals surface area contributed by atoms with Crippen LogP contribution in [0.25, 0.3) is 10.9 Å². The zero-order valence-corrected chi connectivity index (χ0v) is 19.1. The van der Waals surface area contributed by atoms with Crippen LogP contribution in [0.2, 0.25) is 0 Å². The van der Waals surface area contributed by atoms with E-state index in [0.29, 0.717) is 30.1 Å². The molecule has 34 heavy (non-hydrogen) atoms. The second kappa shape index (κ2) is 9.11. The van der Waals surface area contributed by atoms with Crippen molar-refractivity contribution in [3.8, 4) is 0 Å². The Morgan fingerprint density at radius 3 is 2.74 bits per heavy atom. The summed E-state index contributed by atoms with van der Waals surface area (Å²) < 4.78 is 5.33. The summed E-state index contributed by atoms with van der Waals surface area (Å²) in [6, 6.07) is 18.5. The fraction of sp³-hybridized carbons (Fsp3) is 0.222. The lowest BCUT2D eigenvalue weighted by Gasteiger charge is -2.41. The van der Waals surface area contributed by atoms with Gasteiger partial charge in [0, 0.05) is 48.1 Å². The summed E-state index contributed by atoms with van der Waals surface area (Å²) in [5.74, 6) is -0.468. The average molecular weight is 455 g/mol. The lowest BCUT2D eigenvalue weighted by Crippen LogP contribution is -2.47. The zero-order valence-electron chi connectivity index (χ0n) is 19.1. The smallest absolute Gasteiger partial charge is 0.254 e. The molecule has 2 amide bonds. The molecule has 2 aromatic carbocycles. The van der Waals surface area contributed by atoms with E-state index in [-0.39, 0.29) is 11.8 Å². The van der Waals surface area contributed by atoms with Gasteiger partial charge in [-0.25, -0.2) is 4.98 Å². The number of carbonyl (C=O) groups is 2. The lowest BCUT2D eigenvalue weighted by molar-refractivity contribution is -0.119. The average Bonchev–Trinajstić information content (AvgIpc) is 3.27. The molecule has 7 nitrogen and oxygen atoms in total. The molecular formula is C27H26N4O3. The Labute approximate surface area is 197 Å². The quantitative estimate of drug-likeness (QED) is 0.451. The van der Waals surface area contributed by atoms with Crippen molar-refractivity contribution >= 4 is 28.5 Å². The minimum atomic E-state index is -0.632. The standard InChI is InChI=1S/C27H26N4O3/c1-17-11-12-28-23(15-17)30-26(32)24-19-8-3-4-9-20(19)27(33)31(13-14-34-2)25(24)21-16-29-22-10-6-5-7-18(21)22/h3-12,15-16,24-25,29H,13-14H2,1-2H3,(H,28,30,32). The van der Waals surface area contributed by atoms with Crippen LogP contribution in [-0.2, 0) is 9.53 Å². The fourth-order valence-electron chi connectivity index (χ4n) is 4.80. The molecule has 0 bridgehead atoms. The lowest BCUT2D eigenvalue weighted by atomic mass is 9.79. The maximum absolute atomic E-state index is 13.9. The van der Waals surface area contributed by atoms with Crippen LogP contribution < -0.4 is 5.32 Å². The summed E-state index contributed by atoms with van der Waals surface area (Å²) in [5, 5.41) is 3.98. The van der Waals surface area contributed by atoms with Gasteiger partial charge in [0.2, 0.25) is 5.91 Å². The normalized spacial score (nSPS) is 17.6. The molecule has 2 unspecified atom stereocenters. The number of amides is 2. The van der Waals surface area contributed by atoms with Crippen molar-refractivity contribution in [1.29, 1.82) is 0 Å². The highest BCUT2D eigenvalue weighted by Crippen LogP contribution is 2.45. The summed E-state index contributed by atoms with van der Waals surface area (Å²) in [6.45, 7) is 2.67. The number of H-pyrrole nitrogens is 1. The number of nitrogens with zero attached hydrogens (tertiary/aromatic N) is 2. The summed E-state index contributed by atoms with van der Waals surface area (Å²) in [5.41, 5.74) is 4.09. The molecule has 4 aromatic rings. The molecule has 2 N–H and O–H groups in total. The van der Waals surface area contributed by atoms with Gasteiger partial charge in [0.1, 0.15) is 5.82 Å². The predicted molar refractivity (Wildman–Crippen MR) is 131 cm³/mol. The van der Waals surface area contributed by atoms with Gasteiger partial charge in [-0.3, -0.25) is 9.59 Å². The summed E-state index contributed by atoms with van der Waals surface area (Å²) in [7, 11) is 1.61. The largest absolute Gasteiger partial charge is 0.383 e. The number of hydrogen-bond donors (Lipinski definition) is 2. The predicted octanol–water partition coefficient (Wildman–Crippen LogP) is 4.44. The molecule has 0 spiro atoms. The first-order valence-electron chi connectivity index (χ1n) is 11.3. The third-order valence-corrected chi connectivity index (χ3v) is 6.36. The second-order valence-corrected chi connectivity index (χ2v) is 8.50. The molecule has 7 heteroatoms. The van der Waals surface area contributed by atoms with Gasteiger partial charge in [0.15, 0.2) is 0 Å². The number of benzene rings is 2. The molecule has 0 aliphatic carbocycles.